The van der Waals surface area contributed by atoms with Crippen LogP contribution in [0.2, 0.25) is 0 Å². The van der Waals surface area contributed by atoms with E-state index in [1.807, 2.05) is 17.8 Å². The van der Waals surface area contributed by atoms with Crippen molar-refractivity contribution in [1.82, 2.24) is 4.98 Å². The van der Waals surface area contributed by atoms with Gasteiger partial charge in [-0.25, -0.2) is 4.98 Å². The fourth-order valence-corrected chi connectivity index (χ4v) is 3.85. The Bertz CT molecular complexity index is 541. The maximum absolute atomic E-state index is 9.27. The van der Waals surface area contributed by atoms with Gasteiger partial charge in [-0.05, 0) is 37.3 Å². The molecule has 0 aromatic carbocycles. The molecule has 2 unspecified atom stereocenters. The SMILES string of the molecule is CC1CC(CNc2nc3c(cc2C#N)CSC3)CCO1. The zero-order chi connectivity index (χ0) is 13.9. The molecule has 0 bridgehead atoms. The summed E-state index contributed by atoms with van der Waals surface area (Å²) in [5.74, 6) is 3.31. The second kappa shape index (κ2) is 6.02. The molecule has 0 saturated carbocycles. The van der Waals surface area contributed by atoms with E-state index < -0.39 is 0 Å². The van der Waals surface area contributed by atoms with Gasteiger partial charge in [0.05, 0.1) is 17.4 Å². The second-order valence-corrected chi connectivity index (χ2v) is 6.53. The first-order valence-electron chi connectivity index (χ1n) is 7.12. The number of nitriles is 1. The molecule has 1 aromatic rings. The van der Waals surface area contributed by atoms with Crippen LogP contribution in [0.3, 0.4) is 0 Å². The maximum Gasteiger partial charge on any atom is 0.144 e. The van der Waals surface area contributed by atoms with Gasteiger partial charge in [-0.2, -0.15) is 17.0 Å². The second-order valence-electron chi connectivity index (χ2n) is 5.55. The van der Waals surface area contributed by atoms with Crippen molar-refractivity contribution in [2.45, 2.75) is 37.4 Å². The number of pyridine rings is 1. The van der Waals surface area contributed by atoms with Crippen LogP contribution >= 0.6 is 11.8 Å². The summed E-state index contributed by atoms with van der Waals surface area (Å²) in [6, 6.07) is 4.26. The quantitative estimate of drug-likeness (QED) is 0.927. The minimum atomic E-state index is 0.343. The zero-order valence-corrected chi connectivity index (χ0v) is 12.5. The first-order chi connectivity index (χ1) is 9.76. The molecule has 106 valence electrons. The van der Waals surface area contributed by atoms with Crippen LogP contribution in [0.25, 0.3) is 0 Å². The maximum atomic E-state index is 9.27. The molecule has 20 heavy (non-hydrogen) atoms. The summed E-state index contributed by atoms with van der Waals surface area (Å²) < 4.78 is 5.57. The molecule has 3 heterocycles. The van der Waals surface area contributed by atoms with E-state index in [0.717, 1.165) is 49.0 Å². The van der Waals surface area contributed by atoms with Crippen LogP contribution in [0.15, 0.2) is 6.07 Å². The van der Waals surface area contributed by atoms with E-state index in [-0.39, 0.29) is 0 Å². The van der Waals surface area contributed by atoms with Crippen LogP contribution in [0.4, 0.5) is 5.82 Å². The average Bonchev–Trinajstić information content (AvgIpc) is 2.91. The summed E-state index contributed by atoms with van der Waals surface area (Å²) in [5.41, 5.74) is 3.03. The van der Waals surface area contributed by atoms with Crippen molar-refractivity contribution in [1.29, 1.82) is 5.26 Å². The molecular formula is C15H19N3OS. The van der Waals surface area contributed by atoms with Gasteiger partial charge in [0.25, 0.3) is 0 Å². The van der Waals surface area contributed by atoms with Gasteiger partial charge in [0.2, 0.25) is 0 Å². The van der Waals surface area contributed by atoms with Crippen LogP contribution in [-0.2, 0) is 16.2 Å². The lowest BCUT2D eigenvalue weighted by molar-refractivity contribution is 0.00557. The normalized spacial score (nSPS) is 25.0. The highest BCUT2D eigenvalue weighted by Crippen LogP contribution is 2.31. The monoisotopic (exact) mass is 289 g/mol. The summed E-state index contributed by atoms with van der Waals surface area (Å²) in [4.78, 5) is 4.64. The predicted octanol–water partition coefficient (Wildman–Crippen LogP) is 2.93. The average molecular weight is 289 g/mol. The first-order valence-corrected chi connectivity index (χ1v) is 8.28. The fourth-order valence-electron chi connectivity index (χ4n) is 2.84. The van der Waals surface area contributed by atoms with Gasteiger partial charge in [-0.3, -0.25) is 0 Å². The number of hydrogen-bond donors (Lipinski definition) is 1. The van der Waals surface area contributed by atoms with Gasteiger partial charge in [-0.1, -0.05) is 0 Å². The van der Waals surface area contributed by atoms with Crippen LogP contribution in [-0.4, -0.2) is 24.2 Å². The molecule has 1 fully saturated rings. The molecule has 3 rings (SSSR count). The van der Waals surface area contributed by atoms with E-state index in [1.54, 1.807) is 0 Å². The van der Waals surface area contributed by atoms with Crippen molar-refractivity contribution in [2.24, 2.45) is 5.92 Å². The number of fused-ring (bicyclic) bond motifs is 1. The highest BCUT2D eigenvalue weighted by molar-refractivity contribution is 7.98. The van der Waals surface area contributed by atoms with Gasteiger partial charge in [0.15, 0.2) is 0 Å². The number of ether oxygens (including phenoxy) is 1. The minimum absolute atomic E-state index is 0.343. The van der Waals surface area contributed by atoms with Crippen molar-refractivity contribution in [3.05, 3.63) is 22.9 Å². The molecular weight excluding hydrogens is 270 g/mol. The Hall–Kier alpha value is -1.25. The lowest BCUT2D eigenvalue weighted by Crippen LogP contribution is -2.28. The Morgan fingerprint density at radius 1 is 1.55 bits per heavy atom. The third kappa shape index (κ3) is 2.92. The highest BCUT2D eigenvalue weighted by atomic mass is 32.2. The number of hydrogen-bond acceptors (Lipinski definition) is 5. The van der Waals surface area contributed by atoms with Gasteiger partial charge in [0.1, 0.15) is 11.9 Å². The van der Waals surface area contributed by atoms with Crippen molar-refractivity contribution >= 4 is 17.6 Å². The van der Waals surface area contributed by atoms with Crippen molar-refractivity contribution in [2.75, 3.05) is 18.5 Å². The highest BCUT2D eigenvalue weighted by Gasteiger charge is 2.21. The summed E-state index contributed by atoms with van der Waals surface area (Å²) in [5, 5.41) is 12.7. The Kier molecular flexibility index (Phi) is 4.13. The Morgan fingerprint density at radius 2 is 2.45 bits per heavy atom. The van der Waals surface area contributed by atoms with Crippen LogP contribution in [0, 0.1) is 17.2 Å². The standard InChI is InChI=1S/C15H19N3OS/c1-10-4-11(2-3-19-10)7-17-15-12(6-16)5-13-8-20-9-14(13)18-15/h5,10-11H,2-4,7-9H2,1H3,(H,17,18). The number of nitrogens with one attached hydrogen (secondary N) is 1. The molecule has 2 atom stereocenters. The molecule has 2 aliphatic heterocycles. The molecule has 0 spiro atoms. The summed E-state index contributed by atoms with van der Waals surface area (Å²) >= 11 is 1.86. The first kappa shape index (κ1) is 13.7. The lowest BCUT2D eigenvalue weighted by atomic mass is 9.96. The van der Waals surface area contributed by atoms with Gasteiger partial charge in [0, 0.05) is 24.7 Å². The van der Waals surface area contributed by atoms with E-state index in [9.17, 15) is 5.26 Å². The van der Waals surface area contributed by atoms with Gasteiger partial charge < -0.3 is 10.1 Å². The molecule has 5 heteroatoms. The zero-order valence-electron chi connectivity index (χ0n) is 11.7. The van der Waals surface area contributed by atoms with E-state index in [1.165, 1.54) is 5.56 Å². The summed E-state index contributed by atoms with van der Waals surface area (Å²) in [6.45, 7) is 3.84. The van der Waals surface area contributed by atoms with Crippen LogP contribution in [0.1, 0.15) is 36.6 Å². The molecule has 1 saturated heterocycles. The number of thioether (sulfide) groups is 1. The molecule has 1 aromatic heterocycles. The molecule has 0 radical (unpaired) electrons. The predicted molar refractivity (Wildman–Crippen MR) is 80.6 cm³/mol. The van der Waals surface area contributed by atoms with Gasteiger partial charge in [-0.15, -0.1) is 0 Å². The molecule has 0 amide bonds. The smallest absolute Gasteiger partial charge is 0.144 e. The van der Waals surface area contributed by atoms with Crippen molar-refractivity contribution in [3.8, 4) is 6.07 Å². The molecule has 4 nitrogen and oxygen atoms in total. The largest absolute Gasteiger partial charge is 0.378 e. The van der Waals surface area contributed by atoms with E-state index in [2.05, 4.69) is 23.3 Å². The van der Waals surface area contributed by atoms with Crippen molar-refractivity contribution in [3.63, 3.8) is 0 Å². The van der Waals surface area contributed by atoms with Crippen LogP contribution in [0.5, 0.6) is 0 Å². The third-order valence-electron chi connectivity index (χ3n) is 3.96. The molecule has 0 aliphatic carbocycles. The minimum Gasteiger partial charge on any atom is -0.378 e. The Morgan fingerprint density at radius 3 is 3.25 bits per heavy atom. The summed E-state index contributed by atoms with van der Waals surface area (Å²) in [7, 11) is 0. The van der Waals surface area contributed by atoms with Gasteiger partial charge >= 0.3 is 0 Å². The molecule has 2 aliphatic rings. The Labute approximate surface area is 123 Å². The number of rotatable bonds is 3. The number of anilines is 1. The van der Waals surface area contributed by atoms with Crippen LogP contribution < -0.4 is 5.32 Å². The molecule has 1 N–H and O–H groups in total. The lowest BCUT2D eigenvalue weighted by Gasteiger charge is -2.27. The summed E-state index contributed by atoms with van der Waals surface area (Å²) in [6.07, 6.45) is 2.51. The number of nitrogens with zero attached hydrogens (tertiary/aromatic N) is 2. The van der Waals surface area contributed by atoms with E-state index in [4.69, 9.17) is 4.74 Å². The fraction of sp³-hybridized carbons (Fsp3) is 0.600. The van der Waals surface area contributed by atoms with E-state index >= 15 is 0 Å². The Balaban J connectivity index is 1.69. The topological polar surface area (TPSA) is 57.9 Å². The van der Waals surface area contributed by atoms with Crippen molar-refractivity contribution < 1.29 is 4.74 Å². The third-order valence-corrected chi connectivity index (χ3v) is 4.95. The van der Waals surface area contributed by atoms with E-state index in [0.29, 0.717) is 17.6 Å². The number of aromatic nitrogens is 1.